The first-order chi connectivity index (χ1) is 7.36. The van der Waals surface area contributed by atoms with Crippen molar-refractivity contribution in [2.75, 3.05) is 13.2 Å². The molecule has 1 saturated carbocycles. The predicted octanol–water partition coefficient (Wildman–Crippen LogP) is 2.71. The van der Waals surface area contributed by atoms with Gasteiger partial charge >= 0.3 is 0 Å². The molecule has 1 rings (SSSR count). The normalized spacial score (nSPS) is 20.4. The van der Waals surface area contributed by atoms with Gasteiger partial charge in [0.1, 0.15) is 0 Å². The minimum absolute atomic E-state index is 0.314. The van der Waals surface area contributed by atoms with Gasteiger partial charge in [-0.25, -0.2) is 0 Å². The van der Waals surface area contributed by atoms with Gasteiger partial charge in [-0.15, -0.1) is 0 Å². The highest BCUT2D eigenvalue weighted by Gasteiger charge is 2.13. The third-order valence-electron chi connectivity index (χ3n) is 3.68. The Morgan fingerprint density at radius 1 is 1.27 bits per heavy atom. The van der Waals surface area contributed by atoms with Crippen LogP contribution >= 0.6 is 0 Å². The Morgan fingerprint density at radius 3 is 2.60 bits per heavy atom. The molecule has 0 radical (unpaired) electrons. The fourth-order valence-corrected chi connectivity index (χ4v) is 2.57. The number of aliphatic hydroxyl groups excluding tert-OH is 1. The highest BCUT2D eigenvalue weighted by atomic mass is 16.3. The van der Waals surface area contributed by atoms with E-state index >= 15 is 0 Å². The molecule has 0 aromatic rings. The molecule has 1 fully saturated rings. The molecule has 1 unspecified atom stereocenters. The maximum atomic E-state index is 8.88. The summed E-state index contributed by atoms with van der Waals surface area (Å²) in [5.74, 6) is 0.970. The molecule has 1 aliphatic carbocycles. The van der Waals surface area contributed by atoms with Crippen molar-refractivity contribution in [1.82, 2.24) is 5.32 Å². The lowest BCUT2D eigenvalue weighted by atomic mass is 9.87. The van der Waals surface area contributed by atoms with Crippen molar-refractivity contribution in [1.29, 1.82) is 0 Å². The van der Waals surface area contributed by atoms with E-state index in [1.807, 2.05) is 0 Å². The SMILES string of the molecule is CCC(CCO)NCCC1CCCCC1. The summed E-state index contributed by atoms with van der Waals surface area (Å²) in [4.78, 5) is 0. The summed E-state index contributed by atoms with van der Waals surface area (Å²) < 4.78 is 0. The van der Waals surface area contributed by atoms with E-state index in [-0.39, 0.29) is 0 Å². The van der Waals surface area contributed by atoms with Gasteiger partial charge in [-0.05, 0) is 31.7 Å². The predicted molar refractivity (Wildman–Crippen MR) is 65.0 cm³/mol. The van der Waals surface area contributed by atoms with Crippen molar-refractivity contribution in [3.05, 3.63) is 0 Å². The fraction of sp³-hybridized carbons (Fsp3) is 1.00. The average Bonchev–Trinajstić information content (AvgIpc) is 2.29. The van der Waals surface area contributed by atoms with Gasteiger partial charge in [0.2, 0.25) is 0 Å². The maximum absolute atomic E-state index is 8.88. The van der Waals surface area contributed by atoms with Crippen LogP contribution in [0.15, 0.2) is 0 Å². The van der Waals surface area contributed by atoms with Gasteiger partial charge in [-0.3, -0.25) is 0 Å². The van der Waals surface area contributed by atoms with E-state index in [1.54, 1.807) is 0 Å². The second-order valence-corrected chi connectivity index (χ2v) is 4.86. The summed E-state index contributed by atoms with van der Waals surface area (Å²) in [6.07, 6.45) is 10.6. The van der Waals surface area contributed by atoms with E-state index in [0.29, 0.717) is 12.6 Å². The second-order valence-electron chi connectivity index (χ2n) is 4.86. The number of aliphatic hydroxyl groups is 1. The van der Waals surface area contributed by atoms with E-state index in [4.69, 9.17) is 5.11 Å². The van der Waals surface area contributed by atoms with E-state index < -0.39 is 0 Å². The van der Waals surface area contributed by atoms with Gasteiger partial charge in [0.05, 0.1) is 0 Å². The van der Waals surface area contributed by atoms with Crippen molar-refractivity contribution >= 4 is 0 Å². The number of hydrogen-bond acceptors (Lipinski definition) is 2. The van der Waals surface area contributed by atoms with Crippen LogP contribution in [0.1, 0.15) is 58.3 Å². The molecule has 0 spiro atoms. The van der Waals surface area contributed by atoms with Gasteiger partial charge in [-0.1, -0.05) is 39.0 Å². The molecule has 0 bridgehead atoms. The summed E-state index contributed by atoms with van der Waals surface area (Å²) in [6, 6.07) is 0.526. The summed E-state index contributed by atoms with van der Waals surface area (Å²) in [7, 11) is 0. The van der Waals surface area contributed by atoms with Crippen LogP contribution in [-0.2, 0) is 0 Å². The fourth-order valence-electron chi connectivity index (χ4n) is 2.57. The molecule has 0 heterocycles. The van der Waals surface area contributed by atoms with E-state index in [0.717, 1.165) is 25.3 Å². The molecule has 1 aliphatic rings. The summed E-state index contributed by atoms with van der Waals surface area (Å²) in [5.41, 5.74) is 0. The minimum Gasteiger partial charge on any atom is -0.396 e. The van der Waals surface area contributed by atoms with Crippen LogP contribution in [0.3, 0.4) is 0 Å². The number of hydrogen-bond donors (Lipinski definition) is 2. The number of rotatable bonds is 7. The molecule has 2 heteroatoms. The molecule has 90 valence electrons. The first-order valence-corrected chi connectivity index (χ1v) is 6.71. The molecule has 0 saturated heterocycles. The van der Waals surface area contributed by atoms with Crippen molar-refractivity contribution in [3.63, 3.8) is 0 Å². The molecule has 0 aromatic carbocycles. The lowest BCUT2D eigenvalue weighted by molar-refractivity contribution is 0.258. The van der Waals surface area contributed by atoms with Crippen molar-refractivity contribution < 1.29 is 5.11 Å². The Balaban J connectivity index is 2.03. The Morgan fingerprint density at radius 2 is 2.00 bits per heavy atom. The van der Waals surface area contributed by atoms with Crippen molar-refractivity contribution in [2.24, 2.45) is 5.92 Å². The lowest BCUT2D eigenvalue weighted by Crippen LogP contribution is -2.31. The van der Waals surface area contributed by atoms with Crippen LogP contribution in [-0.4, -0.2) is 24.3 Å². The standard InChI is InChI=1S/C13H27NO/c1-2-13(9-11-15)14-10-8-12-6-4-3-5-7-12/h12-15H,2-11H2,1H3. The monoisotopic (exact) mass is 213 g/mol. The molecule has 2 nitrogen and oxygen atoms in total. The van der Waals surface area contributed by atoms with Crippen LogP contribution < -0.4 is 5.32 Å². The second kappa shape index (κ2) is 8.12. The first kappa shape index (κ1) is 13.0. The minimum atomic E-state index is 0.314. The third kappa shape index (κ3) is 5.53. The molecule has 0 amide bonds. The lowest BCUT2D eigenvalue weighted by Gasteiger charge is -2.23. The van der Waals surface area contributed by atoms with Crippen LogP contribution in [0.5, 0.6) is 0 Å². The van der Waals surface area contributed by atoms with Crippen molar-refractivity contribution in [2.45, 2.75) is 64.3 Å². The molecule has 0 aromatic heterocycles. The van der Waals surface area contributed by atoms with Gasteiger partial charge < -0.3 is 10.4 Å². The Hall–Kier alpha value is -0.0800. The van der Waals surface area contributed by atoms with E-state index in [2.05, 4.69) is 12.2 Å². The average molecular weight is 213 g/mol. The van der Waals surface area contributed by atoms with Gasteiger partial charge in [0.25, 0.3) is 0 Å². The molecule has 0 aliphatic heterocycles. The van der Waals surface area contributed by atoms with Gasteiger partial charge in [0, 0.05) is 12.6 Å². The zero-order valence-electron chi connectivity index (χ0n) is 10.2. The van der Waals surface area contributed by atoms with Crippen LogP contribution in [0.4, 0.5) is 0 Å². The quantitative estimate of drug-likeness (QED) is 0.681. The smallest absolute Gasteiger partial charge is 0.0445 e. The Labute approximate surface area is 94.5 Å². The van der Waals surface area contributed by atoms with E-state index in [1.165, 1.54) is 38.5 Å². The molecular weight excluding hydrogens is 186 g/mol. The Kier molecular flexibility index (Phi) is 7.03. The summed E-state index contributed by atoms with van der Waals surface area (Å²) >= 11 is 0. The highest BCUT2D eigenvalue weighted by Crippen LogP contribution is 2.25. The largest absolute Gasteiger partial charge is 0.396 e. The van der Waals surface area contributed by atoms with Gasteiger partial charge in [0.15, 0.2) is 0 Å². The molecular formula is C13H27NO. The van der Waals surface area contributed by atoms with Gasteiger partial charge in [-0.2, -0.15) is 0 Å². The molecule has 15 heavy (non-hydrogen) atoms. The van der Waals surface area contributed by atoms with Crippen molar-refractivity contribution in [3.8, 4) is 0 Å². The third-order valence-corrected chi connectivity index (χ3v) is 3.68. The van der Waals surface area contributed by atoms with E-state index in [9.17, 15) is 0 Å². The summed E-state index contributed by atoms with van der Waals surface area (Å²) in [6.45, 7) is 3.64. The first-order valence-electron chi connectivity index (χ1n) is 6.71. The summed E-state index contributed by atoms with van der Waals surface area (Å²) in [5, 5.41) is 12.4. The molecule has 1 atom stereocenters. The van der Waals surface area contributed by atoms with Crippen LogP contribution in [0, 0.1) is 5.92 Å². The maximum Gasteiger partial charge on any atom is 0.0445 e. The number of nitrogens with one attached hydrogen (secondary N) is 1. The zero-order valence-corrected chi connectivity index (χ0v) is 10.2. The van der Waals surface area contributed by atoms with Crippen LogP contribution in [0.2, 0.25) is 0 Å². The topological polar surface area (TPSA) is 32.3 Å². The Bertz CT molecular complexity index is 139. The zero-order chi connectivity index (χ0) is 10.9. The highest BCUT2D eigenvalue weighted by molar-refractivity contribution is 4.69. The van der Waals surface area contributed by atoms with Crippen LogP contribution in [0.25, 0.3) is 0 Å². The molecule has 2 N–H and O–H groups in total.